The van der Waals surface area contributed by atoms with E-state index in [1.54, 1.807) is 13.8 Å². The second-order valence-corrected chi connectivity index (χ2v) is 6.67. The Labute approximate surface area is 142 Å². The first-order valence-electron chi connectivity index (χ1n) is 7.47. The number of aliphatic carboxylic acids is 1. The van der Waals surface area contributed by atoms with Gasteiger partial charge in [0, 0.05) is 11.4 Å². The number of carbonyl (C=O) groups excluding carboxylic acids is 1. The van der Waals surface area contributed by atoms with Gasteiger partial charge in [0.15, 0.2) is 0 Å². The van der Waals surface area contributed by atoms with Crippen LogP contribution in [-0.4, -0.2) is 5.97 Å². The number of rotatable bonds is 10. The minimum atomic E-state index is -0.935. The van der Waals surface area contributed by atoms with Gasteiger partial charge in [-0.05, 0) is 11.8 Å². The fourth-order valence-corrected chi connectivity index (χ4v) is 2.11. The molecule has 0 rings (SSSR count). The van der Waals surface area contributed by atoms with Crippen LogP contribution in [0.2, 0.25) is 0 Å². The van der Waals surface area contributed by atoms with E-state index in [0.29, 0.717) is 0 Å². The van der Waals surface area contributed by atoms with Crippen LogP contribution in [0.1, 0.15) is 86.0 Å². The van der Waals surface area contributed by atoms with Gasteiger partial charge >= 0.3 is 29.6 Å². The number of carbonyl (C=O) groups is 1. The van der Waals surface area contributed by atoms with E-state index in [1.807, 2.05) is 13.8 Å². The van der Waals surface area contributed by atoms with Crippen molar-refractivity contribution in [2.75, 3.05) is 0 Å². The number of carboxylic acid groups (broad SMARTS) is 1. The van der Waals surface area contributed by atoms with Gasteiger partial charge in [-0.1, -0.05) is 79.6 Å². The van der Waals surface area contributed by atoms with Crippen molar-refractivity contribution < 1.29 is 39.5 Å². The Kier molecular flexibility index (Phi) is 11.7. The van der Waals surface area contributed by atoms with E-state index in [0.717, 1.165) is 12.8 Å². The summed E-state index contributed by atoms with van der Waals surface area (Å²) in [7, 11) is 0. The molecule has 2 nitrogen and oxygen atoms in total. The van der Waals surface area contributed by atoms with Crippen molar-refractivity contribution in [3.63, 3.8) is 0 Å². The van der Waals surface area contributed by atoms with E-state index in [4.69, 9.17) is 0 Å². The molecular weight excluding hydrogens is 247 g/mol. The summed E-state index contributed by atoms with van der Waals surface area (Å²) < 4.78 is 0. The molecule has 0 N–H and O–H groups in total. The number of carboxylic acids is 1. The van der Waals surface area contributed by atoms with E-state index in [-0.39, 0.29) is 35.0 Å². The minimum Gasteiger partial charge on any atom is -0.550 e. The molecule has 0 aromatic carbocycles. The Morgan fingerprint density at radius 3 is 1.74 bits per heavy atom. The molecular formula is C16H31NaO2. The third-order valence-electron chi connectivity index (χ3n) is 4.61. The number of unbranched alkanes of at least 4 members (excludes halogenated alkanes) is 6. The molecule has 0 heterocycles. The van der Waals surface area contributed by atoms with Crippen LogP contribution in [0.5, 0.6) is 0 Å². The normalized spacial score (nSPS) is 12.1. The van der Waals surface area contributed by atoms with Crippen molar-refractivity contribution in [3.8, 4) is 0 Å². The maximum absolute atomic E-state index is 11.2. The monoisotopic (exact) mass is 278 g/mol. The second kappa shape index (κ2) is 10.2. The van der Waals surface area contributed by atoms with Gasteiger partial charge in [0.1, 0.15) is 0 Å². The standard InChI is InChI=1S/C16H32O2.Na/c1-6-7-8-9-10-11-12-13-15(2,3)16(4,5)14(17)18;/h6-13H2,1-5H3,(H,17,18);/q;+1/p-1. The van der Waals surface area contributed by atoms with Gasteiger partial charge < -0.3 is 9.90 Å². The molecule has 0 aliphatic heterocycles. The minimum absolute atomic E-state index is 0. The molecule has 0 amide bonds. The molecule has 0 fully saturated rings. The smallest absolute Gasteiger partial charge is 0.550 e. The molecule has 0 saturated carbocycles. The summed E-state index contributed by atoms with van der Waals surface area (Å²) in [5.74, 6) is -0.935. The molecule has 3 heteroatoms. The van der Waals surface area contributed by atoms with Gasteiger partial charge in [0.05, 0.1) is 0 Å². The molecule has 108 valence electrons. The average Bonchev–Trinajstić information content (AvgIpc) is 2.27. The Hall–Kier alpha value is 0.470. The van der Waals surface area contributed by atoms with E-state index >= 15 is 0 Å². The van der Waals surface area contributed by atoms with Crippen molar-refractivity contribution in [2.45, 2.75) is 86.0 Å². The van der Waals surface area contributed by atoms with Crippen LogP contribution in [0.25, 0.3) is 0 Å². The molecule has 19 heavy (non-hydrogen) atoms. The molecule has 0 bridgehead atoms. The fourth-order valence-electron chi connectivity index (χ4n) is 2.11. The van der Waals surface area contributed by atoms with E-state index in [2.05, 4.69) is 6.92 Å². The van der Waals surface area contributed by atoms with Gasteiger partial charge in [-0.15, -0.1) is 0 Å². The van der Waals surface area contributed by atoms with Crippen molar-refractivity contribution in [1.29, 1.82) is 0 Å². The van der Waals surface area contributed by atoms with Crippen LogP contribution in [0, 0.1) is 10.8 Å². The molecule has 0 aliphatic carbocycles. The quantitative estimate of drug-likeness (QED) is 0.441. The maximum atomic E-state index is 11.2. The largest absolute Gasteiger partial charge is 1.00 e. The summed E-state index contributed by atoms with van der Waals surface area (Å²) in [4.78, 5) is 11.2. The van der Waals surface area contributed by atoms with E-state index in [9.17, 15) is 9.90 Å². The summed E-state index contributed by atoms with van der Waals surface area (Å²) in [6.07, 6.45) is 9.86. The molecule has 0 radical (unpaired) electrons. The number of hydrogen-bond donors (Lipinski definition) is 0. The Morgan fingerprint density at radius 2 is 1.32 bits per heavy atom. The van der Waals surface area contributed by atoms with Gasteiger partial charge in [0.25, 0.3) is 0 Å². The van der Waals surface area contributed by atoms with Crippen molar-refractivity contribution >= 4 is 5.97 Å². The molecule has 0 saturated heterocycles. The van der Waals surface area contributed by atoms with Crippen molar-refractivity contribution in [2.24, 2.45) is 10.8 Å². The summed E-state index contributed by atoms with van der Waals surface area (Å²) in [5, 5.41) is 11.2. The SMILES string of the molecule is CCCCCCCCCC(C)(C)C(C)(C)C(=O)[O-].[Na+]. The van der Waals surface area contributed by atoms with Gasteiger partial charge in [-0.25, -0.2) is 0 Å². The topological polar surface area (TPSA) is 40.1 Å². The van der Waals surface area contributed by atoms with Crippen LogP contribution >= 0.6 is 0 Å². The van der Waals surface area contributed by atoms with Crippen LogP contribution < -0.4 is 34.7 Å². The van der Waals surface area contributed by atoms with Crippen LogP contribution in [0.3, 0.4) is 0 Å². The predicted molar refractivity (Wildman–Crippen MR) is 75.2 cm³/mol. The van der Waals surface area contributed by atoms with Crippen molar-refractivity contribution in [1.82, 2.24) is 0 Å². The first kappa shape index (κ1) is 21.8. The molecule has 0 spiro atoms. The summed E-state index contributed by atoms with van der Waals surface area (Å²) in [5.41, 5.74) is -0.954. The zero-order valence-electron chi connectivity index (χ0n) is 14.0. The summed E-state index contributed by atoms with van der Waals surface area (Å²) in [6.45, 7) is 9.87. The third kappa shape index (κ3) is 7.72. The Morgan fingerprint density at radius 1 is 0.895 bits per heavy atom. The molecule has 0 atom stereocenters. The van der Waals surface area contributed by atoms with Crippen LogP contribution in [0.4, 0.5) is 0 Å². The Balaban J connectivity index is 0. The third-order valence-corrected chi connectivity index (χ3v) is 4.61. The van der Waals surface area contributed by atoms with Crippen molar-refractivity contribution in [3.05, 3.63) is 0 Å². The van der Waals surface area contributed by atoms with E-state index < -0.39 is 11.4 Å². The predicted octanol–water partition coefficient (Wildman–Crippen LogP) is 0.933. The average molecular weight is 278 g/mol. The fraction of sp³-hybridized carbons (Fsp3) is 0.938. The summed E-state index contributed by atoms with van der Waals surface area (Å²) in [6, 6.07) is 0. The zero-order valence-corrected chi connectivity index (χ0v) is 16.0. The van der Waals surface area contributed by atoms with Gasteiger partial charge in [-0.2, -0.15) is 0 Å². The molecule has 0 aliphatic rings. The molecule has 0 aromatic heterocycles. The second-order valence-electron chi connectivity index (χ2n) is 6.67. The molecule has 0 aromatic rings. The van der Waals surface area contributed by atoms with Gasteiger partial charge in [0.2, 0.25) is 0 Å². The molecule has 0 unspecified atom stereocenters. The first-order valence-corrected chi connectivity index (χ1v) is 7.47. The maximum Gasteiger partial charge on any atom is 1.00 e. The number of hydrogen-bond acceptors (Lipinski definition) is 2. The van der Waals surface area contributed by atoms with Crippen LogP contribution in [0.15, 0.2) is 0 Å². The summed E-state index contributed by atoms with van der Waals surface area (Å²) >= 11 is 0. The Bertz CT molecular complexity index is 247. The van der Waals surface area contributed by atoms with E-state index in [1.165, 1.54) is 38.5 Å². The van der Waals surface area contributed by atoms with Crippen LogP contribution in [-0.2, 0) is 4.79 Å². The van der Waals surface area contributed by atoms with Gasteiger partial charge in [-0.3, -0.25) is 0 Å². The first-order chi connectivity index (χ1) is 8.25. The zero-order chi connectivity index (χ0) is 14.2.